The maximum Gasteiger partial charge on any atom is 0.492 e. The molecule has 0 aromatic carbocycles. The summed E-state index contributed by atoms with van der Waals surface area (Å²) in [5.41, 5.74) is 4.85. The standard InChI is InChI=1S/C7H15BF3N2O/c1-6(2)3-13(4-7(12)14)5-8(9,10)11/h6H,3-5H2,1-2H3,(H2,12,14)/q-1. The van der Waals surface area contributed by atoms with E-state index in [4.69, 9.17) is 5.73 Å². The number of hydrogen-bond donors (Lipinski definition) is 1. The highest BCUT2D eigenvalue weighted by Crippen LogP contribution is 2.11. The van der Waals surface area contributed by atoms with Crippen LogP contribution in [0.5, 0.6) is 0 Å². The maximum atomic E-state index is 12.1. The van der Waals surface area contributed by atoms with Gasteiger partial charge in [-0.1, -0.05) is 13.8 Å². The molecule has 0 saturated heterocycles. The van der Waals surface area contributed by atoms with E-state index < -0.39 is 19.3 Å². The third kappa shape index (κ3) is 7.91. The fourth-order valence-electron chi connectivity index (χ4n) is 1.23. The van der Waals surface area contributed by atoms with Gasteiger partial charge in [0, 0.05) is 0 Å². The molecule has 1 amide bonds. The van der Waals surface area contributed by atoms with Crippen molar-refractivity contribution in [2.24, 2.45) is 11.7 Å². The summed E-state index contributed by atoms with van der Waals surface area (Å²) >= 11 is 0. The van der Waals surface area contributed by atoms with Crippen LogP contribution in [0.4, 0.5) is 12.9 Å². The van der Waals surface area contributed by atoms with Crippen molar-refractivity contribution in [2.45, 2.75) is 13.8 Å². The van der Waals surface area contributed by atoms with Crippen molar-refractivity contribution in [1.82, 2.24) is 4.90 Å². The van der Waals surface area contributed by atoms with Crippen molar-refractivity contribution in [3.05, 3.63) is 0 Å². The average Bonchev–Trinajstić information content (AvgIpc) is 1.77. The molecule has 0 heterocycles. The molecule has 7 heteroatoms. The van der Waals surface area contributed by atoms with Crippen LogP contribution in [0, 0.1) is 5.92 Å². The van der Waals surface area contributed by atoms with Crippen molar-refractivity contribution >= 4 is 12.9 Å². The zero-order chi connectivity index (χ0) is 11.4. The normalized spacial score (nSPS) is 12.5. The molecule has 0 fully saturated rings. The summed E-state index contributed by atoms with van der Waals surface area (Å²) in [5.74, 6) is -0.654. The molecule has 84 valence electrons. The van der Waals surface area contributed by atoms with Crippen LogP contribution in [-0.2, 0) is 4.79 Å². The molecule has 14 heavy (non-hydrogen) atoms. The molecule has 0 aromatic rings. The summed E-state index contributed by atoms with van der Waals surface area (Å²) in [5, 5.41) is 0. The van der Waals surface area contributed by atoms with E-state index in [0.29, 0.717) is 0 Å². The quantitative estimate of drug-likeness (QED) is 0.661. The number of halogens is 3. The molecule has 0 aliphatic carbocycles. The van der Waals surface area contributed by atoms with E-state index in [1.807, 2.05) is 0 Å². The smallest absolute Gasteiger partial charge is 0.448 e. The summed E-state index contributed by atoms with van der Waals surface area (Å²) in [6.07, 6.45) is -1.03. The Bertz CT molecular complexity index is 196. The second-order valence-corrected chi connectivity index (χ2v) is 3.76. The summed E-state index contributed by atoms with van der Waals surface area (Å²) in [4.78, 5) is 11.5. The van der Waals surface area contributed by atoms with Gasteiger partial charge in [0.05, 0.1) is 6.54 Å². The number of primary amides is 1. The van der Waals surface area contributed by atoms with Crippen LogP contribution >= 0.6 is 0 Å². The van der Waals surface area contributed by atoms with Crippen LogP contribution in [0.15, 0.2) is 0 Å². The van der Waals surface area contributed by atoms with E-state index in [9.17, 15) is 17.7 Å². The van der Waals surface area contributed by atoms with Gasteiger partial charge in [0.15, 0.2) is 0 Å². The van der Waals surface area contributed by atoms with E-state index in [1.165, 1.54) is 0 Å². The molecule has 2 N–H and O–H groups in total. The van der Waals surface area contributed by atoms with E-state index in [1.54, 1.807) is 13.8 Å². The van der Waals surface area contributed by atoms with Gasteiger partial charge in [-0.05, 0) is 18.9 Å². The minimum absolute atomic E-state index is 0.0764. The second kappa shape index (κ2) is 5.24. The number of carbonyl (C=O) groups is 1. The second-order valence-electron chi connectivity index (χ2n) is 3.76. The molecule has 0 rings (SSSR count). The van der Waals surface area contributed by atoms with Gasteiger partial charge in [-0.2, -0.15) is 0 Å². The Balaban J connectivity index is 4.17. The predicted octanol–water partition coefficient (Wildman–Crippen LogP) is 0.816. The number of nitrogens with zero attached hydrogens (tertiary/aromatic N) is 1. The van der Waals surface area contributed by atoms with Crippen LogP contribution in [0.2, 0.25) is 0 Å². The molecule has 0 atom stereocenters. The van der Waals surface area contributed by atoms with Gasteiger partial charge in [-0.3, -0.25) is 4.79 Å². The average molecular weight is 211 g/mol. The zero-order valence-electron chi connectivity index (χ0n) is 8.34. The fourth-order valence-corrected chi connectivity index (χ4v) is 1.23. The highest BCUT2D eigenvalue weighted by molar-refractivity contribution is 6.58. The molecule has 3 nitrogen and oxygen atoms in total. The Morgan fingerprint density at radius 2 is 1.93 bits per heavy atom. The lowest BCUT2D eigenvalue weighted by Crippen LogP contribution is -2.44. The van der Waals surface area contributed by atoms with E-state index in [2.05, 4.69) is 0 Å². The molecule has 0 bridgehead atoms. The van der Waals surface area contributed by atoms with Crippen molar-refractivity contribution in [2.75, 3.05) is 19.5 Å². The predicted molar refractivity (Wildman–Crippen MR) is 49.6 cm³/mol. The third-order valence-electron chi connectivity index (χ3n) is 1.47. The topological polar surface area (TPSA) is 46.3 Å². The molecule has 0 unspecified atom stereocenters. The van der Waals surface area contributed by atoms with Gasteiger partial charge in [0.25, 0.3) is 0 Å². The SMILES string of the molecule is CC(C)CN(CC(N)=O)C[B-](F)(F)F. The summed E-state index contributed by atoms with van der Waals surface area (Å²) in [6.45, 7) is -1.42. The highest BCUT2D eigenvalue weighted by Gasteiger charge is 2.27. The number of hydrogen-bond acceptors (Lipinski definition) is 2. The number of nitrogens with two attached hydrogens (primary N) is 1. The lowest BCUT2D eigenvalue weighted by molar-refractivity contribution is -0.119. The van der Waals surface area contributed by atoms with E-state index >= 15 is 0 Å². The third-order valence-corrected chi connectivity index (χ3v) is 1.47. The van der Waals surface area contributed by atoms with Crippen LogP contribution in [-0.4, -0.2) is 37.3 Å². The molecule has 0 saturated carbocycles. The van der Waals surface area contributed by atoms with Crippen molar-refractivity contribution in [3.8, 4) is 0 Å². The lowest BCUT2D eigenvalue weighted by Gasteiger charge is -2.27. The van der Waals surface area contributed by atoms with Crippen molar-refractivity contribution in [1.29, 1.82) is 0 Å². The largest absolute Gasteiger partial charge is 0.492 e. The number of rotatable bonds is 6. The van der Waals surface area contributed by atoms with Gasteiger partial charge < -0.3 is 23.6 Å². The minimum Gasteiger partial charge on any atom is -0.448 e. The maximum absolute atomic E-state index is 12.1. The first kappa shape index (κ1) is 13.3. The fraction of sp³-hybridized carbons (Fsp3) is 0.857. The first-order chi connectivity index (χ1) is 6.20. The van der Waals surface area contributed by atoms with Gasteiger partial charge in [0.2, 0.25) is 5.91 Å². The summed E-state index contributed by atoms with van der Waals surface area (Å²) in [6, 6.07) is 0. The Kier molecular flexibility index (Phi) is 4.97. The molecule has 0 radical (unpaired) electrons. The van der Waals surface area contributed by atoms with Gasteiger partial charge >= 0.3 is 6.98 Å². The first-order valence-electron chi connectivity index (χ1n) is 4.42. The van der Waals surface area contributed by atoms with E-state index in [-0.39, 0.29) is 19.0 Å². The van der Waals surface area contributed by atoms with Crippen molar-refractivity contribution in [3.63, 3.8) is 0 Å². The van der Waals surface area contributed by atoms with Crippen LogP contribution < -0.4 is 5.73 Å². The Morgan fingerprint density at radius 3 is 2.21 bits per heavy atom. The van der Waals surface area contributed by atoms with Gasteiger partial charge in [0.1, 0.15) is 0 Å². The first-order valence-corrected chi connectivity index (χ1v) is 4.42. The Labute approximate surface area is 81.5 Å². The number of carbonyl (C=O) groups excluding carboxylic acids is 1. The molecule has 0 aliphatic rings. The van der Waals surface area contributed by atoms with Crippen LogP contribution in [0.25, 0.3) is 0 Å². The Morgan fingerprint density at radius 1 is 1.43 bits per heavy atom. The minimum atomic E-state index is -4.89. The monoisotopic (exact) mass is 211 g/mol. The van der Waals surface area contributed by atoms with Crippen LogP contribution in [0.1, 0.15) is 13.8 Å². The van der Waals surface area contributed by atoms with Crippen LogP contribution in [0.3, 0.4) is 0 Å². The zero-order valence-corrected chi connectivity index (χ0v) is 8.34. The molecule has 0 aliphatic heterocycles. The molecular formula is C7H15BF3N2O-. The summed E-state index contributed by atoms with van der Waals surface area (Å²) in [7, 11) is 0. The lowest BCUT2D eigenvalue weighted by atomic mass is 9.90. The molecule has 0 spiro atoms. The molecule has 0 aromatic heterocycles. The highest BCUT2D eigenvalue weighted by atomic mass is 19.4. The summed E-state index contributed by atoms with van der Waals surface area (Å²) < 4.78 is 36.2. The van der Waals surface area contributed by atoms with E-state index in [0.717, 1.165) is 4.90 Å². The van der Waals surface area contributed by atoms with Crippen molar-refractivity contribution < 1.29 is 17.7 Å². The number of amides is 1. The molecular weight excluding hydrogens is 196 g/mol. The Hall–Kier alpha value is -0.715. The van der Waals surface area contributed by atoms with Gasteiger partial charge in [-0.25, -0.2) is 0 Å². The van der Waals surface area contributed by atoms with Gasteiger partial charge in [-0.15, -0.1) is 0 Å².